The summed E-state index contributed by atoms with van der Waals surface area (Å²) in [7, 11) is 1.75. The van der Waals surface area contributed by atoms with E-state index < -0.39 is 0 Å². The van der Waals surface area contributed by atoms with Crippen molar-refractivity contribution < 1.29 is 4.74 Å². The highest BCUT2D eigenvalue weighted by Crippen LogP contribution is 2.42. The Bertz CT molecular complexity index is 604. The van der Waals surface area contributed by atoms with Gasteiger partial charge in [-0.1, -0.05) is 62.2 Å². The predicted octanol–water partition coefficient (Wildman–Crippen LogP) is 6.16. The second kappa shape index (κ2) is 7.68. The summed E-state index contributed by atoms with van der Waals surface area (Å²) in [5, 5.41) is 0. The summed E-state index contributed by atoms with van der Waals surface area (Å²) in [4.78, 5) is 0. The van der Waals surface area contributed by atoms with Crippen molar-refractivity contribution in [1.29, 1.82) is 0 Å². The summed E-state index contributed by atoms with van der Waals surface area (Å²) in [6.07, 6.45) is 6.75. The topological polar surface area (TPSA) is 9.23 Å². The third-order valence-electron chi connectivity index (χ3n) is 5.46. The summed E-state index contributed by atoms with van der Waals surface area (Å²) < 4.78 is 5.39. The number of hydrogen-bond acceptors (Lipinski definition) is 1. The van der Waals surface area contributed by atoms with E-state index in [0.717, 1.165) is 17.6 Å². The van der Waals surface area contributed by atoms with Crippen LogP contribution in [0, 0.1) is 5.92 Å². The Hall–Kier alpha value is -1.76. The standard InChI is InChI=1S/C22H28O/c1-17(19-12-8-13-21(16-19)23-2)15-20-11-6-7-14-22(20)18-9-4-3-5-10-18/h3-5,8-10,12-13,16-17,20,22H,6-7,11,14-15H2,1-2H3/t17-,20?,22?/m0/s1. The number of methoxy groups -OCH3 is 1. The van der Waals surface area contributed by atoms with Gasteiger partial charge in [-0.15, -0.1) is 0 Å². The minimum atomic E-state index is 0.583. The maximum Gasteiger partial charge on any atom is 0.119 e. The zero-order valence-electron chi connectivity index (χ0n) is 14.4. The molecule has 0 N–H and O–H groups in total. The Balaban J connectivity index is 1.73. The molecule has 0 bridgehead atoms. The molecule has 3 atom stereocenters. The molecule has 0 heterocycles. The van der Waals surface area contributed by atoms with Crippen LogP contribution in [0.15, 0.2) is 54.6 Å². The van der Waals surface area contributed by atoms with Crippen molar-refractivity contribution in [2.45, 2.75) is 50.9 Å². The average molecular weight is 308 g/mol. The smallest absolute Gasteiger partial charge is 0.119 e. The lowest BCUT2D eigenvalue weighted by atomic mass is 9.71. The SMILES string of the molecule is COc1cccc([C@@H](C)CC2CCCCC2c2ccccc2)c1. The fourth-order valence-electron chi connectivity index (χ4n) is 4.17. The van der Waals surface area contributed by atoms with Crippen LogP contribution in [0.25, 0.3) is 0 Å². The van der Waals surface area contributed by atoms with Gasteiger partial charge >= 0.3 is 0 Å². The fourth-order valence-corrected chi connectivity index (χ4v) is 4.17. The van der Waals surface area contributed by atoms with Crippen molar-refractivity contribution >= 4 is 0 Å². The van der Waals surface area contributed by atoms with E-state index in [1.807, 2.05) is 6.07 Å². The van der Waals surface area contributed by atoms with Crippen LogP contribution >= 0.6 is 0 Å². The van der Waals surface area contributed by atoms with Crippen LogP contribution in [0.5, 0.6) is 5.75 Å². The normalized spacial score (nSPS) is 22.5. The summed E-state index contributed by atoms with van der Waals surface area (Å²) in [5.41, 5.74) is 2.94. The second-order valence-corrected chi connectivity index (χ2v) is 6.98. The number of rotatable bonds is 5. The maximum atomic E-state index is 5.39. The molecule has 0 aliphatic heterocycles. The Kier molecular flexibility index (Phi) is 5.38. The van der Waals surface area contributed by atoms with Crippen molar-refractivity contribution in [3.05, 3.63) is 65.7 Å². The molecule has 1 fully saturated rings. The zero-order chi connectivity index (χ0) is 16.1. The highest BCUT2D eigenvalue weighted by Gasteiger charge is 2.28. The van der Waals surface area contributed by atoms with Gasteiger partial charge < -0.3 is 4.74 Å². The lowest BCUT2D eigenvalue weighted by molar-refractivity contribution is 0.277. The van der Waals surface area contributed by atoms with Gasteiger partial charge in [-0.3, -0.25) is 0 Å². The van der Waals surface area contributed by atoms with E-state index in [0.29, 0.717) is 5.92 Å². The monoisotopic (exact) mass is 308 g/mol. The van der Waals surface area contributed by atoms with Gasteiger partial charge in [0.1, 0.15) is 5.75 Å². The largest absolute Gasteiger partial charge is 0.497 e. The third kappa shape index (κ3) is 3.96. The second-order valence-electron chi connectivity index (χ2n) is 6.98. The first-order valence-corrected chi connectivity index (χ1v) is 8.97. The predicted molar refractivity (Wildman–Crippen MR) is 97.2 cm³/mol. The lowest BCUT2D eigenvalue weighted by Crippen LogP contribution is -2.19. The van der Waals surface area contributed by atoms with Crippen molar-refractivity contribution in [3.8, 4) is 5.75 Å². The van der Waals surface area contributed by atoms with Gasteiger partial charge in [0.25, 0.3) is 0 Å². The summed E-state index contributed by atoms with van der Waals surface area (Å²) in [6.45, 7) is 2.37. The first-order valence-electron chi connectivity index (χ1n) is 8.97. The molecule has 2 aromatic rings. The highest BCUT2D eigenvalue weighted by molar-refractivity contribution is 5.31. The van der Waals surface area contributed by atoms with Crippen molar-refractivity contribution in [2.75, 3.05) is 7.11 Å². The molecule has 1 saturated carbocycles. The molecule has 2 aromatic carbocycles. The molecule has 122 valence electrons. The maximum absolute atomic E-state index is 5.39. The molecular formula is C22H28O. The average Bonchev–Trinajstić information content (AvgIpc) is 2.63. The van der Waals surface area contributed by atoms with Gasteiger partial charge in [-0.2, -0.15) is 0 Å². The Morgan fingerprint density at radius 3 is 2.57 bits per heavy atom. The van der Waals surface area contributed by atoms with Crippen LogP contribution in [0.2, 0.25) is 0 Å². The summed E-state index contributed by atoms with van der Waals surface area (Å²) >= 11 is 0. The number of ether oxygens (including phenoxy) is 1. The minimum absolute atomic E-state index is 0.583. The molecule has 1 heteroatoms. The van der Waals surface area contributed by atoms with Crippen LogP contribution in [0.4, 0.5) is 0 Å². The van der Waals surface area contributed by atoms with Crippen molar-refractivity contribution in [1.82, 2.24) is 0 Å². The quantitative estimate of drug-likeness (QED) is 0.642. The van der Waals surface area contributed by atoms with Crippen LogP contribution in [0.1, 0.15) is 62.0 Å². The van der Waals surface area contributed by atoms with E-state index >= 15 is 0 Å². The first-order chi connectivity index (χ1) is 11.3. The van der Waals surface area contributed by atoms with E-state index in [1.54, 1.807) is 7.11 Å². The highest BCUT2D eigenvalue weighted by atomic mass is 16.5. The minimum Gasteiger partial charge on any atom is -0.497 e. The van der Waals surface area contributed by atoms with Gasteiger partial charge in [-0.05, 0) is 60.3 Å². The van der Waals surface area contributed by atoms with E-state index in [1.165, 1.54) is 43.2 Å². The Labute approximate surface area is 140 Å². The molecule has 0 saturated heterocycles. The molecule has 23 heavy (non-hydrogen) atoms. The first kappa shape index (κ1) is 16.1. The fraction of sp³-hybridized carbons (Fsp3) is 0.455. The van der Waals surface area contributed by atoms with Gasteiger partial charge in [0.05, 0.1) is 7.11 Å². The molecule has 1 nitrogen and oxygen atoms in total. The molecule has 0 amide bonds. The Morgan fingerprint density at radius 1 is 1.00 bits per heavy atom. The van der Waals surface area contributed by atoms with Crippen molar-refractivity contribution in [3.63, 3.8) is 0 Å². The van der Waals surface area contributed by atoms with E-state index in [9.17, 15) is 0 Å². The van der Waals surface area contributed by atoms with E-state index in [-0.39, 0.29) is 0 Å². The molecule has 0 radical (unpaired) electrons. The van der Waals surface area contributed by atoms with E-state index in [2.05, 4.69) is 55.5 Å². The Morgan fingerprint density at radius 2 is 1.78 bits per heavy atom. The van der Waals surface area contributed by atoms with Gasteiger partial charge in [0.2, 0.25) is 0 Å². The zero-order valence-corrected chi connectivity index (χ0v) is 14.4. The summed E-state index contributed by atoms with van der Waals surface area (Å²) in [6, 6.07) is 19.7. The number of hydrogen-bond donors (Lipinski definition) is 0. The molecule has 0 aromatic heterocycles. The van der Waals surface area contributed by atoms with Gasteiger partial charge in [-0.25, -0.2) is 0 Å². The van der Waals surface area contributed by atoms with Crippen LogP contribution in [0.3, 0.4) is 0 Å². The molecular weight excluding hydrogens is 280 g/mol. The molecule has 1 aliphatic carbocycles. The van der Waals surface area contributed by atoms with E-state index in [4.69, 9.17) is 4.74 Å². The molecule has 0 spiro atoms. The lowest BCUT2D eigenvalue weighted by Gasteiger charge is -2.34. The van der Waals surface area contributed by atoms with Gasteiger partial charge in [0.15, 0.2) is 0 Å². The van der Waals surface area contributed by atoms with Gasteiger partial charge in [0, 0.05) is 0 Å². The van der Waals surface area contributed by atoms with Crippen molar-refractivity contribution in [2.24, 2.45) is 5.92 Å². The third-order valence-corrected chi connectivity index (χ3v) is 5.46. The number of benzene rings is 2. The van der Waals surface area contributed by atoms with Crippen LogP contribution in [-0.4, -0.2) is 7.11 Å². The molecule has 2 unspecified atom stereocenters. The van der Waals surface area contributed by atoms with Crippen LogP contribution < -0.4 is 4.74 Å². The molecule has 1 aliphatic rings. The van der Waals surface area contributed by atoms with Crippen LogP contribution in [-0.2, 0) is 0 Å². The summed E-state index contributed by atoms with van der Waals surface area (Å²) in [5.74, 6) is 3.09. The molecule has 3 rings (SSSR count).